The summed E-state index contributed by atoms with van der Waals surface area (Å²) in [7, 11) is 3.35. The number of carbonyl (C=O) groups excluding carboxylic acids is 1. The van der Waals surface area contributed by atoms with Crippen LogP contribution in [0.4, 0.5) is 0 Å². The third-order valence-electron chi connectivity index (χ3n) is 6.68. The van der Waals surface area contributed by atoms with Gasteiger partial charge in [0.15, 0.2) is 0 Å². The lowest BCUT2D eigenvalue weighted by Crippen LogP contribution is -2.26. The molecule has 0 unspecified atom stereocenters. The Hall–Kier alpha value is -3.34. The molecule has 33 heavy (non-hydrogen) atoms. The van der Waals surface area contributed by atoms with Gasteiger partial charge in [0, 0.05) is 30.8 Å². The van der Waals surface area contributed by atoms with Gasteiger partial charge in [0.25, 0.3) is 0 Å². The molecule has 1 atom stereocenters. The minimum absolute atomic E-state index is 0.130. The molecule has 1 aromatic heterocycles. The predicted octanol–water partition coefficient (Wildman–Crippen LogP) is 4.93. The molecule has 1 fully saturated rings. The fourth-order valence-electron chi connectivity index (χ4n) is 4.75. The second kappa shape index (κ2) is 10.5. The van der Waals surface area contributed by atoms with Crippen LogP contribution < -0.4 is 14.8 Å². The van der Waals surface area contributed by atoms with E-state index >= 15 is 0 Å². The van der Waals surface area contributed by atoms with E-state index in [1.807, 2.05) is 36.5 Å². The summed E-state index contributed by atoms with van der Waals surface area (Å²) in [6.07, 6.45) is 8.18. The average Bonchev–Trinajstić information content (AvgIpc) is 3.59. The average molecular weight is 445 g/mol. The van der Waals surface area contributed by atoms with E-state index in [9.17, 15) is 4.79 Å². The molecular formula is C28H32N2O3. The van der Waals surface area contributed by atoms with Crippen LogP contribution in [0.1, 0.15) is 42.4 Å². The highest BCUT2D eigenvalue weighted by Gasteiger charge is 2.56. The number of aryl methyl sites for hydroxylation is 1. The molecule has 5 nitrogen and oxygen atoms in total. The van der Waals surface area contributed by atoms with Crippen molar-refractivity contribution in [2.24, 2.45) is 5.92 Å². The molecule has 0 aliphatic heterocycles. The Morgan fingerprint density at radius 2 is 1.61 bits per heavy atom. The van der Waals surface area contributed by atoms with Crippen molar-refractivity contribution in [3.8, 4) is 11.5 Å². The van der Waals surface area contributed by atoms with Crippen LogP contribution in [0.2, 0.25) is 0 Å². The second-order valence-electron chi connectivity index (χ2n) is 8.70. The van der Waals surface area contributed by atoms with Gasteiger partial charge in [0.1, 0.15) is 11.5 Å². The number of ether oxygens (including phenoxy) is 2. The lowest BCUT2D eigenvalue weighted by molar-refractivity contribution is -0.121. The molecule has 1 aliphatic rings. The number of pyridine rings is 1. The van der Waals surface area contributed by atoms with E-state index in [-0.39, 0.29) is 17.2 Å². The monoisotopic (exact) mass is 444 g/mol. The Bertz CT molecular complexity index is 986. The van der Waals surface area contributed by atoms with Gasteiger partial charge in [-0.3, -0.25) is 9.78 Å². The zero-order valence-electron chi connectivity index (χ0n) is 19.4. The van der Waals surface area contributed by atoms with Crippen molar-refractivity contribution in [3.05, 3.63) is 89.7 Å². The molecular weight excluding hydrogens is 412 g/mol. The molecule has 1 heterocycles. The number of hydrogen-bond acceptors (Lipinski definition) is 4. The number of amides is 1. The van der Waals surface area contributed by atoms with Crippen LogP contribution >= 0.6 is 0 Å². The molecule has 172 valence electrons. The van der Waals surface area contributed by atoms with Gasteiger partial charge in [-0.15, -0.1) is 0 Å². The number of nitrogens with zero attached hydrogens (tertiary/aromatic N) is 1. The number of hydrogen-bond donors (Lipinski definition) is 1. The van der Waals surface area contributed by atoms with E-state index in [2.05, 4.69) is 40.6 Å². The molecule has 4 rings (SSSR count). The zero-order chi connectivity index (χ0) is 23.1. The zero-order valence-corrected chi connectivity index (χ0v) is 19.4. The predicted molar refractivity (Wildman–Crippen MR) is 130 cm³/mol. The summed E-state index contributed by atoms with van der Waals surface area (Å²) in [4.78, 5) is 16.9. The van der Waals surface area contributed by atoms with Gasteiger partial charge < -0.3 is 14.8 Å². The van der Waals surface area contributed by atoms with Crippen molar-refractivity contribution in [3.63, 3.8) is 0 Å². The summed E-state index contributed by atoms with van der Waals surface area (Å²) in [6.45, 7) is 0.712. The standard InChI is InChI=1S/C28H32N2O3/c1-32-25-12-8-22(9-13-25)28(23-10-14-26(33-2)15-11-23)19-24(28)18-27(31)30-17-4-3-6-21-7-5-16-29-20-21/h5,7-16,20,24H,3-4,6,17-19H2,1-2H3,(H,30,31)/t24-/m1/s1. The van der Waals surface area contributed by atoms with Crippen LogP contribution in [0.3, 0.4) is 0 Å². The van der Waals surface area contributed by atoms with Crippen molar-refractivity contribution < 1.29 is 14.3 Å². The highest BCUT2D eigenvalue weighted by molar-refractivity contribution is 5.77. The van der Waals surface area contributed by atoms with Gasteiger partial charge in [-0.25, -0.2) is 0 Å². The normalized spacial score (nSPS) is 16.1. The fraction of sp³-hybridized carbons (Fsp3) is 0.357. The molecule has 1 aliphatic carbocycles. The third kappa shape index (κ3) is 5.36. The number of rotatable bonds is 11. The molecule has 0 spiro atoms. The third-order valence-corrected chi connectivity index (χ3v) is 6.68. The number of unbranched alkanes of at least 4 members (excludes halogenated alkanes) is 1. The van der Waals surface area contributed by atoms with Crippen LogP contribution in [0.25, 0.3) is 0 Å². The Morgan fingerprint density at radius 1 is 0.970 bits per heavy atom. The van der Waals surface area contributed by atoms with Crippen molar-refractivity contribution in [2.45, 2.75) is 37.5 Å². The Kier molecular flexibility index (Phi) is 7.28. The molecule has 0 bridgehead atoms. The summed E-state index contributed by atoms with van der Waals surface area (Å²) in [6, 6.07) is 20.5. The molecule has 1 amide bonds. The van der Waals surface area contributed by atoms with Gasteiger partial charge in [-0.2, -0.15) is 0 Å². The lowest BCUT2D eigenvalue weighted by Gasteiger charge is -2.20. The first kappa shape index (κ1) is 22.8. The van der Waals surface area contributed by atoms with Gasteiger partial charge in [0.05, 0.1) is 14.2 Å². The topological polar surface area (TPSA) is 60.5 Å². The number of benzene rings is 2. The largest absolute Gasteiger partial charge is 0.497 e. The minimum atomic E-state index is -0.143. The molecule has 3 aromatic rings. The maximum absolute atomic E-state index is 12.7. The maximum Gasteiger partial charge on any atom is 0.220 e. The Labute approximate surface area is 196 Å². The first-order valence-electron chi connectivity index (χ1n) is 11.6. The van der Waals surface area contributed by atoms with Crippen LogP contribution in [0.5, 0.6) is 11.5 Å². The van der Waals surface area contributed by atoms with Crippen LogP contribution in [0, 0.1) is 5.92 Å². The lowest BCUT2D eigenvalue weighted by atomic mass is 9.85. The SMILES string of the molecule is COc1ccc(C2(c3ccc(OC)cc3)C[C@H]2CC(=O)NCCCCc2cccnc2)cc1. The van der Waals surface area contributed by atoms with E-state index in [0.717, 1.165) is 37.2 Å². The highest BCUT2D eigenvalue weighted by Crippen LogP contribution is 2.60. The van der Waals surface area contributed by atoms with E-state index in [0.29, 0.717) is 13.0 Å². The maximum atomic E-state index is 12.7. The summed E-state index contributed by atoms with van der Waals surface area (Å²) in [5, 5.41) is 3.12. The first-order valence-corrected chi connectivity index (χ1v) is 11.6. The van der Waals surface area contributed by atoms with Crippen LogP contribution in [-0.4, -0.2) is 31.7 Å². The molecule has 0 saturated heterocycles. The summed E-state index contributed by atoms with van der Waals surface area (Å²) < 4.78 is 10.7. The van der Waals surface area contributed by atoms with Crippen LogP contribution in [-0.2, 0) is 16.6 Å². The van der Waals surface area contributed by atoms with Crippen molar-refractivity contribution in [1.82, 2.24) is 10.3 Å². The number of carbonyl (C=O) groups is 1. The van der Waals surface area contributed by atoms with E-state index in [1.165, 1.54) is 16.7 Å². The minimum Gasteiger partial charge on any atom is -0.497 e. The van der Waals surface area contributed by atoms with Crippen molar-refractivity contribution in [1.29, 1.82) is 0 Å². The van der Waals surface area contributed by atoms with Gasteiger partial charge >= 0.3 is 0 Å². The van der Waals surface area contributed by atoms with Gasteiger partial charge in [-0.1, -0.05) is 30.3 Å². The van der Waals surface area contributed by atoms with E-state index in [1.54, 1.807) is 20.4 Å². The van der Waals surface area contributed by atoms with Crippen molar-refractivity contribution in [2.75, 3.05) is 20.8 Å². The number of methoxy groups -OCH3 is 2. The van der Waals surface area contributed by atoms with Crippen LogP contribution in [0.15, 0.2) is 73.1 Å². The van der Waals surface area contributed by atoms with Gasteiger partial charge in [0.2, 0.25) is 5.91 Å². The Balaban J connectivity index is 1.36. The molecule has 1 N–H and O–H groups in total. The molecule has 5 heteroatoms. The quantitative estimate of drug-likeness (QED) is 0.426. The highest BCUT2D eigenvalue weighted by atomic mass is 16.5. The summed E-state index contributed by atoms with van der Waals surface area (Å²) >= 11 is 0. The summed E-state index contributed by atoms with van der Waals surface area (Å²) in [5.41, 5.74) is 3.55. The van der Waals surface area contributed by atoms with Crippen molar-refractivity contribution >= 4 is 5.91 Å². The summed E-state index contributed by atoms with van der Waals surface area (Å²) in [5.74, 6) is 2.08. The number of nitrogens with one attached hydrogen (secondary N) is 1. The molecule has 2 aromatic carbocycles. The Morgan fingerprint density at radius 3 is 2.15 bits per heavy atom. The van der Waals surface area contributed by atoms with E-state index in [4.69, 9.17) is 9.47 Å². The van der Waals surface area contributed by atoms with E-state index < -0.39 is 0 Å². The molecule has 1 saturated carbocycles. The molecule has 0 radical (unpaired) electrons. The second-order valence-corrected chi connectivity index (χ2v) is 8.70. The van der Waals surface area contributed by atoms with Gasteiger partial charge in [-0.05, 0) is 78.6 Å². The smallest absolute Gasteiger partial charge is 0.220 e. The first-order chi connectivity index (χ1) is 16.2. The number of aromatic nitrogens is 1. The fourth-order valence-corrected chi connectivity index (χ4v) is 4.75.